The summed E-state index contributed by atoms with van der Waals surface area (Å²) >= 11 is 0. The van der Waals surface area contributed by atoms with Gasteiger partial charge >= 0.3 is 0 Å². The molecule has 3 aromatic rings. The van der Waals surface area contributed by atoms with E-state index in [9.17, 15) is 0 Å². The number of aromatic nitrogens is 3. The minimum absolute atomic E-state index is 0.837. The van der Waals surface area contributed by atoms with E-state index in [0.29, 0.717) is 0 Å². The molecule has 1 saturated heterocycles. The Morgan fingerprint density at radius 1 is 1.23 bits per heavy atom. The van der Waals surface area contributed by atoms with Crippen LogP contribution in [0, 0.1) is 5.92 Å². The van der Waals surface area contributed by atoms with Crippen LogP contribution in [0.2, 0.25) is 0 Å². The van der Waals surface area contributed by atoms with E-state index in [1.54, 1.807) is 0 Å². The average molecular weight is 349 g/mol. The fourth-order valence-corrected chi connectivity index (χ4v) is 3.79. The Morgan fingerprint density at radius 2 is 2.15 bits per heavy atom. The van der Waals surface area contributed by atoms with Gasteiger partial charge in [0, 0.05) is 30.9 Å². The number of nitrogens with one attached hydrogen (secondary N) is 2. The number of piperidine rings is 1. The Labute approximate surface area is 154 Å². The van der Waals surface area contributed by atoms with Gasteiger partial charge in [-0.15, -0.1) is 0 Å². The molecule has 136 valence electrons. The standard InChI is InChI=1S/C21H27N5/c1-26-13-10-19(25-26)21-14-20(17-8-2-3-9-18(17)24-21)23-12-5-7-16-6-4-11-22-15-16/h2-3,8-10,13-14,16,22H,4-7,11-12,15H2,1H3,(H,23,24). The first-order valence-corrected chi connectivity index (χ1v) is 9.64. The molecule has 0 aliphatic carbocycles. The number of fused-ring (bicyclic) bond motifs is 1. The van der Waals surface area contributed by atoms with Crippen LogP contribution in [0.1, 0.15) is 25.7 Å². The highest BCUT2D eigenvalue weighted by molar-refractivity contribution is 5.93. The molecule has 1 atom stereocenters. The van der Waals surface area contributed by atoms with Crippen molar-refractivity contribution in [3.63, 3.8) is 0 Å². The van der Waals surface area contributed by atoms with Crippen LogP contribution in [0.5, 0.6) is 0 Å². The second kappa shape index (κ2) is 7.87. The Kier molecular flexibility index (Phi) is 5.16. The number of hydrogen-bond donors (Lipinski definition) is 2. The van der Waals surface area contributed by atoms with E-state index in [4.69, 9.17) is 4.98 Å². The number of pyridine rings is 1. The summed E-state index contributed by atoms with van der Waals surface area (Å²) < 4.78 is 1.82. The lowest BCUT2D eigenvalue weighted by atomic mass is 9.95. The van der Waals surface area contributed by atoms with E-state index in [2.05, 4.69) is 40.0 Å². The van der Waals surface area contributed by atoms with E-state index >= 15 is 0 Å². The molecule has 0 amide bonds. The molecule has 3 heterocycles. The van der Waals surface area contributed by atoms with Crippen LogP contribution in [0.4, 0.5) is 5.69 Å². The van der Waals surface area contributed by atoms with Gasteiger partial charge in [-0.2, -0.15) is 5.10 Å². The monoisotopic (exact) mass is 349 g/mol. The van der Waals surface area contributed by atoms with E-state index < -0.39 is 0 Å². The molecule has 26 heavy (non-hydrogen) atoms. The fourth-order valence-electron chi connectivity index (χ4n) is 3.79. The predicted octanol–water partition coefficient (Wildman–Crippen LogP) is 3.83. The molecule has 0 spiro atoms. The van der Waals surface area contributed by atoms with Crippen LogP contribution < -0.4 is 10.6 Å². The lowest BCUT2D eigenvalue weighted by Gasteiger charge is -2.22. The van der Waals surface area contributed by atoms with Crippen LogP contribution in [0.3, 0.4) is 0 Å². The minimum atomic E-state index is 0.837. The van der Waals surface area contributed by atoms with Crippen LogP contribution >= 0.6 is 0 Å². The maximum absolute atomic E-state index is 4.80. The van der Waals surface area contributed by atoms with Gasteiger partial charge in [0.2, 0.25) is 0 Å². The zero-order valence-corrected chi connectivity index (χ0v) is 15.4. The summed E-state index contributed by atoms with van der Waals surface area (Å²) in [4.78, 5) is 4.80. The summed E-state index contributed by atoms with van der Waals surface area (Å²) in [6.45, 7) is 3.36. The first-order chi connectivity index (χ1) is 12.8. The smallest absolute Gasteiger partial charge is 0.111 e. The average Bonchev–Trinajstić information content (AvgIpc) is 3.12. The molecular formula is C21H27N5. The van der Waals surface area contributed by atoms with Crippen molar-refractivity contribution < 1.29 is 0 Å². The van der Waals surface area contributed by atoms with Crippen molar-refractivity contribution in [2.24, 2.45) is 13.0 Å². The van der Waals surface area contributed by atoms with Gasteiger partial charge in [0.1, 0.15) is 5.69 Å². The number of benzene rings is 1. The normalized spacial score (nSPS) is 17.5. The summed E-state index contributed by atoms with van der Waals surface area (Å²) in [7, 11) is 1.93. The number of para-hydroxylation sites is 1. The van der Waals surface area contributed by atoms with Gasteiger partial charge in [0.15, 0.2) is 0 Å². The van der Waals surface area contributed by atoms with Crippen molar-refractivity contribution in [3.8, 4) is 11.4 Å². The van der Waals surface area contributed by atoms with Gasteiger partial charge in [0.25, 0.3) is 0 Å². The van der Waals surface area contributed by atoms with E-state index in [1.165, 1.54) is 44.2 Å². The van der Waals surface area contributed by atoms with Gasteiger partial charge in [-0.1, -0.05) is 18.2 Å². The maximum atomic E-state index is 4.80. The van der Waals surface area contributed by atoms with Crippen molar-refractivity contribution in [3.05, 3.63) is 42.6 Å². The fraction of sp³-hybridized carbons (Fsp3) is 0.429. The Bertz CT molecular complexity index is 864. The molecule has 0 saturated carbocycles. The third-order valence-electron chi connectivity index (χ3n) is 5.20. The summed E-state index contributed by atoms with van der Waals surface area (Å²) in [6, 6.07) is 12.5. The lowest BCUT2D eigenvalue weighted by molar-refractivity contribution is 0.353. The first kappa shape index (κ1) is 17.0. The molecule has 1 fully saturated rings. The van der Waals surface area contributed by atoms with Crippen molar-refractivity contribution in [1.29, 1.82) is 0 Å². The van der Waals surface area contributed by atoms with Crippen molar-refractivity contribution in [2.75, 3.05) is 25.0 Å². The molecule has 2 aromatic heterocycles. The molecule has 1 aliphatic heterocycles. The molecule has 1 aliphatic rings. The lowest BCUT2D eigenvalue weighted by Crippen LogP contribution is -2.29. The molecule has 5 nitrogen and oxygen atoms in total. The Balaban J connectivity index is 1.49. The van der Waals surface area contributed by atoms with Crippen molar-refractivity contribution in [1.82, 2.24) is 20.1 Å². The highest BCUT2D eigenvalue weighted by Crippen LogP contribution is 2.27. The van der Waals surface area contributed by atoms with Gasteiger partial charge in [-0.3, -0.25) is 4.68 Å². The third kappa shape index (κ3) is 3.88. The van der Waals surface area contributed by atoms with Gasteiger partial charge in [-0.05, 0) is 62.9 Å². The SMILES string of the molecule is Cn1ccc(-c2cc(NCCCC3CCCNC3)c3ccccc3n2)n1. The molecule has 0 bridgehead atoms. The minimum Gasteiger partial charge on any atom is -0.384 e. The number of rotatable bonds is 6. The maximum Gasteiger partial charge on any atom is 0.111 e. The highest BCUT2D eigenvalue weighted by atomic mass is 15.2. The summed E-state index contributed by atoms with van der Waals surface area (Å²) in [6.07, 6.45) is 7.13. The quantitative estimate of drug-likeness (QED) is 0.664. The molecule has 2 N–H and O–H groups in total. The van der Waals surface area contributed by atoms with Gasteiger partial charge < -0.3 is 10.6 Å². The topological polar surface area (TPSA) is 54.8 Å². The second-order valence-electron chi connectivity index (χ2n) is 7.23. The molecule has 1 unspecified atom stereocenters. The molecule has 4 rings (SSSR count). The molecular weight excluding hydrogens is 322 g/mol. The van der Waals surface area contributed by atoms with Crippen LogP contribution in [0.25, 0.3) is 22.3 Å². The van der Waals surface area contributed by atoms with Crippen molar-refractivity contribution in [2.45, 2.75) is 25.7 Å². The second-order valence-corrected chi connectivity index (χ2v) is 7.23. The number of hydrogen-bond acceptors (Lipinski definition) is 4. The number of anilines is 1. The van der Waals surface area contributed by atoms with Crippen LogP contribution in [0.15, 0.2) is 42.6 Å². The zero-order valence-electron chi connectivity index (χ0n) is 15.4. The zero-order chi connectivity index (χ0) is 17.8. The molecule has 1 aromatic carbocycles. The van der Waals surface area contributed by atoms with E-state index in [0.717, 1.165) is 35.1 Å². The summed E-state index contributed by atoms with van der Waals surface area (Å²) in [5.41, 5.74) is 3.99. The highest BCUT2D eigenvalue weighted by Gasteiger charge is 2.13. The molecule has 5 heteroatoms. The summed E-state index contributed by atoms with van der Waals surface area (Å²) in [5.74, 6) is 0.837. The van der Waals surface area contributed by atoms with Crippen LogP contribution in [-0.2, 0) is 7.05 Å². The van der Waals surface area contributed by atoms with Gasteiger partial charge in [-0.25, -0.2) is 4.98 Å². The van der Waals surface area contributed by atoms with E-state index in [1.807, 2.05) is 30.1 Å². The Hall–Kier alpha value is -2.40. The van der Waals surface area contributed by atoms with Crippen molar-refractivity contribution >= 4 is 16.6 Å². The predicted molar refractivity (Wildman–Crippen MR) is 107 cm³/mol. The first-order valence-electron chi connectivity index (χ1n) is 9.64. The van der Waals surface area contributed by atoms with Crippen LogP contribution in [-0.4, -0.2) is 34.4 Å². The Morgan fingerprint density at radius 3 is 2.96 bits per heavy atom. The summed E-state index contributed by atoms with van der Waals surface area (Å²) in [5, 5.41) is 12.8. The number of nitrogens with zero attached hydrogens (tertiary/aromatic N) is 3. The van der Waals surface area contributed by atoms with E-state index in [-0.39, 0.29) is 0 Å². The van der Waals surface area contributed by atoms with Gasteiger partial charge in [0.05, 0.1) is 11.2 Å². The molecule has 0 radical (unpaired) electrons. The number of aryl methyl sites for hydroxylation is 1. The third-order valence-corrected chi connectivity index (χ3v) is 5.20. The largest absolute Gasteiger partial charge is 0.384 e.